The van der Waals surface area contributed by atoms with Crippen molar-refractivity contribution < 1.29 is 27.1 Å². The van der Waals surface area contributed by atoms with Gasteiger partial charge in [0.15, 0.2) is 0 Å². The van der Waals surface area contributed by atoms with Gasteiger partial charge in [-0.1, -0.05) is 13.3 Å². The molecule has 19 heavy (non-hydrogen) atoms. The van der Waals surface area contributed by atoms with Crippen LogP contribution in [0.2, 0.25) is 0 Å². The molecule has 0 aromatic carbocycles. The highest BCUT2D eigenvalue weighted by atomic mass is 32.2. The molecule has 0 aliphatic carbocycles. The van der Waals surface area contributed by atoms with Crippen LogP contribution in [0.15, 0.2) is 0 Å². The zero-order chi connectivity index (χ0) is 14.9. The summed E-state index contributed by atoms with van der Waals surface area (Å²) in [5.41, 5.74) is 0. The highest BCUT2D eigenvalue weighted by molar-refractivity contribution is 8.00. The number of hydrogen-bond acceptors (Lipinski definition) is 3. The number of ether oxygens (including phenoxy) is 1. The number of thioether (sulfide) groups is 1. The van der Waals surface area contributed by atoms with Crippen molar-refractivity contribution in [3.8, 4) is 0 Å². The van der Waals surface area contributed by atoms with Crippen LogP contribution in [0.3, 0.4) is 0 Å². The molecule has 0 bridgehead atoms. The van der Waals surface area contributed by atoms with E-state index in [2.05, 4.69) is 0 Å². The van der Waals surface area contributed by atoms with Gasteiger partial charge in [0.25, 0.3) is 0 Å². The molecule has 0 saturated carbocycles. The molecule has 0 spiro atoms. The summed E-state index contributed by atoms with van der Waals surface area (Å²) in [5, 5.41) is -0.461. The number of hydrogen-bond donors (Lipinski definition) is 0. The van der Waals surface area contributed by atoms with E-state index in [0.717, 1.165) is 24.6 Å². The number of alkyl halides is 4. The molecule has 0 radical (unpaired) electrons. The first-order valence-corrected chi connectivity index (χ1v) is 7.30. The van der Waals surface area contributed by atoms with E-state index in [9.17, 15) is 22.4 Å². The number of halogens is 4. The Morgan fingerprint density at radius 1 is 1.32 bits per heavy atom. The van der Waals surface area contributed by atoms with E-state index in [1.165, 1.54) is 0 Å². The Labute approximate surface area is 115 Å². The monoisotopic (exact) mass is 304 g/mol. The van der Waals surface area contributed by atoms with Crippen molar-refractivity contribution in [3.05, 3.63) is 0 Å². The second-order valence-corrected chi connectivity index (χ2v) is 5.65. The number of esters is 1. The molecule has 0 rings (SSSR count). The van der Waals surface area contributed by atoms with Gasteiger partial charge in [-0.05, 0) is 25.5 Å². The van der Waals surface area contributed by atoms with Gasteiger partial charge in [-0.2, -0.15) is 0 Å². The lowest BCUT2D eigenvalue weighted by Crippen LogP contribution is -2.26. The van der Waals surface area contributed by atoms with Gasteiger partial charge in [0.2, 0.25) is 0 Å². The zero-order valence-electron chi connectivity index (χ0n) is 11.1. The quantitative estimate of drug-likeness (QED) is 0.345. The van der Waals surface area contributed by atoms with E-state index in [-0.39, 0.29) is 18.1 Å². The molecule has 1 unspecified atom stereocenters. The van der Waals surface area contributed by atoms with Crippen molar-refractivity contribution in [3.63, 3.8) is 0 Å². The van der Waals surface area contributed by atoms with Crippen LogP contribution in [0.5, 0.6) is 0 Å². The fourth-order valence-electron chi connectivity index (χ4n) is 1.18. The summed E-state index contributed by atoms with van der Waals surface area (Å²) in [6.07, 6.45) is -2.86. The van der Waals surface area contributed by atoms with E-state index < -0.39 is 24.0 Å². The van der Waals surface area contributed by atoms with E-state index in [4.69, 9.17) is 4.74 Å². The van der Waals surface area contributed by atoms with Crippen LogP contribution >= 0.6 is 11.8 Å². The van der Waals surface area contributed by atoms with E-state index in [1.807, 2.05) is 6.92 Å². The maximum Gasteiger partial charge on any atom is 0.318 e. The van der Waals surface area contributed by atoms with Crippen LogP contribution in [0.25, 0.3) is 0 Å². The van der Waals surface area contributed by atoms with Crippen LogP contribution in [0.4, 0.5) is 17.6 Å². The normalized spacial score (nSPS) is 13.6. The van der Waals surface area contributed by atoms with E-state index in [0.29, 0.717) is 6.61 Å². The summed E-state index contributed by atoms with van der Waals surface area (Å²) in [6, 6.07) is 0. The maximum absolute atomic E-state index is 12.6. The van der Waals surface area contributed by atoms with Crippen molar-refractivity contribution in [1.82, 2.24) is 0 Å². The largest absolute Gasteiger partial charge is 0.465 e. The molecule has 0 fully saturated rings. The Morgan fingerprint density at radius 3 is 2.47 bits per heavy atom. The minimum absolute atomic E-state index is 0.0609. The predicted octanol–water partition coefficient (Wildman–Crippen LogP) is 4.13. The molecule has 2 nitrogen and oxygen atoms in total. The minimum atomic E-state index is -3.94. The lowest BCUT2D eigenvalue weighted by molar-refractivity contribution is -0.142. The van der Waals surface area contributed by atoms with Crippen LogP contribution in [-0.4, -0.2) is 35.9 Å². The van der Waals surface area contributed by atoms with Gasteiger partial charge in [-0.25, -0.2) is 17.6 Å². The van der Waals surface area contributed by atoms with E-state index in [1.54, 1.807) is 6.92 Å². The number of unbranched alkanes of at least 4 members (excludes halogenated alkanes) is 1. The SMILES string of the molecule is CCCCOC(=O)C(C)SCCCC(F)(F)C(F)F. The second kappa shape index (κ2) is 9.44. The van der Waals surface area contributed by atoms with Crippen LogP contribution in [0.1, 0.15) is 39.5 Å². The first kappa shape index (κ1) is 18.5. The molecule has 0 aliphatic rings. The van der Waals surface area contributed by atoms with Crippen molar-refractivity contribution >= 4 is 17.7 Å². The van der Waals surface area contributed by atoms with Crippen molar-refractivity contribution in [2.45, 2.75) is 57.1 Å². The van der Waals surface area contributed by atoms with Crippen molar-refractivity contribution in [2.75, 3.05) is 12.4 Å². The summed E-state index contributed by atoms with van der Waals surface area (Å²) in [6.45, 7) is 3.93. The molecular weight excluding hydrogens is 284 g/mol. The standard InChI is InChI=1S/C12H20F4O2S/c1-3-4-7-18-10(17)9(2)19-8-5-6-12(15,16)11(13)14/h9,11H,3-8H2,1-2H3. The summed E-state index contributed by atoms with van der Waals surface area (Å²) < 4.78 is 53.9. The average molecular weight is 304 g/mol. The van der Waals surface area contributed by atoms with Gasteiger partial charge < -0.3 is 4.74 Å². The lowest BCUT2D eigenvalue weighted by atomic mass is 10.2. The Kier molecular flexibility index (Phi) is 9.22. The Hall–Kier alpha value is -0.460. The second-order valence-electron chi connectivity index (χ2n) is 4.20. The first-order valence-electron chi connectivity index (χ1n) is 6.25. The summed E-state index contributed by atoms with van der Waals surface area (Å²) >= 11 is 1.14. The van der Waals surface area contributed by atoms with Gasteiger partial charge in [-0.3, -0.25) is 4.79 Å². The Balaban J connectivity index is 3.74. The average Bonchev–Trinajstić information content (AvgIpc) is 2.34. The number of carbonyl (C=O) groups is 1. The molecular formula is C12H20F4O2S. The molecule has 0 N–H and O–H groups in total. The summed E-state index contributed by atoms with van der Waals surface area (Å²) in [4.78, 5) is 11.4. The highest BCUT2D eigenvalue weighted by Crippen LogP contribution is 2.29. The topological polar surface area (TPSA) is 26.3 Å². The predicted molar refractivity (Wildman–Crippen MR) is 68.0 cm³/mol. The van der Waals surface area contributed by atoms with Gasteiger partial charge in [-0.15, -0.1) is 11.8 Å². The fourth-order valence-corrected chi connectivity index (χ4v) is 2.05. The smallest absolute Gasteiger partial charge is 0.318 e. The third-order valence-electron chi connectivity index (χ3n) is 2.42. The third-order valence-corrected chi connectivity index (χ3v) is 3.63. The number of rotatable bonds is 10. The highest BCUT2D eigenvalue weighted by Gasteiger charge is 2.39. The fraction of sp³-hybridized carbons (Fsp3) is 0.917. The molecule has 7 heteroatoms. The van der Waals surface area contributed by atoms with Gasteiger partial charge in [0.05, 0.1) is 11.9 Å². The van der Waals surface area contributed by atoms with Crippen LogP contribution in [-0.2, 0) is 9.53 Å². The van der Waals surface area contributed by atoms with Gasteiger partial charge in [0, 0.05) is 6.42 Å². The van der Waals surface area contributed by atoms with Crippen LogP contribution < -0.4 is 0 Å². The summed E-state index contributed by atoms with van der Waals surface area (Å²) in [7, 11) is 0. The first-order chi connectivity index (χ1) is 8.81. The van der Waals surface area contributed by atoms with Crippen molar-refractivity contribution in [1.29, 1.82) is 0 Å². The lowest BCUT2D eigenvalue weighted by Gasteiger charge is -2.15. The Morgan fingerprint density at radius 2 is 1.95 bits per heavy atom. The Bertz CT molecular complexity index is 262. The third kappa shape index (κ3) is 8.34. The molecule has 0 amide bonds. The number of carbonyl (C=O) groups excluding carboxylic acids is 1. The molecule has 114 valence electrons. The van der Waals surface area contributed by atoms with Gasteiger partial charge in [0.1, 0.15) is 0 Å². The van der Waals surface area contributed by atoms with Gasteiger partial charge >= 0.3 is 18.3 Å². The molecule has 1 atom stereocenters. The molecule has 0 saturated heterocycles. The molecule has 0 aromatic rings. The molecule has 0 heterocycles. The minimum Gasteiger partial charge on any atom is -0.465 e. The summed E-state index contributed by atoms with van der Waals surface area (Å²) in [5.74, 6) is -4.10. The maximum atomic E-state index is 12.6. The van der Waals surface area contributed by atoms with Crippen molar-refractivity contribution in [2.24, 2.45) is 0 Å². The molecule has 0 aliphatic heterocycles. The van der Waals surface area contributed by atoms with Crippen LogP contribution in [0, 0.1) is 0 Å². The molecule has 0 aromatic heterocycles. The van der Waals surface area contributed by atoms with E-state index >= 15 is 0 Å². The zero-order valence-corrected chi connectivity index (χ0v) is 12.0.